The number of Topliss-reactive ketones (excluding diaryl/α,β-unsaturated/α-hetero) is 1. The molecule has 0 saturated heterocycles. The van der Waals surface area contributed by atoms with Gasteiger partial charge in [0.25, 0.3) is 5.56 Å². The van der Waals surface area contributed by atoms with Crippen molar-refractivity contribution >= 4 is 11.7 Å². The van der Waals surface area contributed by atoms with Crippen LogP contribution < -0.4 is 5.56 Å². The van der Waals surface area contributed by atoms with Crippen molar-refractivity contribution in [1.82, 2.24) is 9.47 Å². The fourth-order valence-corrected chi connectivity index (χ4v) is 1.69. The fraction of sp³-hybridized carbons (Fsp3) is 0.462. The van der Waals surface area contributed by atoms with Crippen LogP contribution >= 0.6 is 0 Å². The van der Waals surface area contributed by atoms with E-state index >= 15 is 0 Å². The van der Waals surface area contributed by atoms with Crippen LogP contribution in [0.2, 0.25) is 0 Å². The van der Waals surface area contributed by atoms with E-state index in [-0.39, 0.29) is 23.8 Å². The van der Waals surface area contributed by atoms with Gasteiger partial charge in [-0.3, -0.25) is 14.4 Å². The number of hydrogen-bond donors (Lipinski definition) is 0. The van der Waals surface area contributed by atoms with E-state index in [9.17, 15) is 14.4 Å². The predicted octanol–water partition coefficient (Wildman–Crippen LogP) is 0.919. The summed E-state index contributed by atoms with van der Waals surface area (Å²) in [6.45, 7) is 6.39. The molecule has 1 aromatic rings. The van der Waals surface area contributed by atoms with E-state index in [0.717, 1.165) is 0 Å². The lowest BCUT2D eigenvalue weighted by atomic mass is 10.2. The monoisotopic (exact) mass is 250 g/mol. The second-order valence-electron chi connectivity index (χ2n) is 4.01. The summed E-state index contributed by atoms with van der Waals surface area (Å²) >= 11 is 0. The third-order valence-corrected chi connectivity index (χ3v) is 2.81. The highest BCUT2D eigenvalue weighted by atomic mass is 16.2. The Kier molecular flexibility index (Phi) is 4.83. The lowest BCUT2D eigenvalue weighted by Crippen LogP contribution is -2.36. The second kappa shape index (κ2) is 6.14. The molecule has 0 spiro atoms. The molecule has 0 atom stereocenters. The number of likely N-dealkylation sites (N-methyl/N-ethyl adjacent to an activating group) is 1. The molecular weight excluding hydrogens is 232 g/mol. The molecule has 0 bridgehead atoms. The SMILES string of the molecule is CCN(CC)C(=O)Cn1cc(C(C)=O)ccc1=O. The number of ketones is 1. The van der Waals surface area contributed by atoms with Crippen LogP contribution in [0.3, 0.4) is 0 Å². The molecule has 1 heterocycles. The zero-order valence-corrected chi connectivity index (χ0v) is 11.0. The molecule has 5 heteroatoms. The van der Waals surface area contributed by atoms with Gasteiger partial charge in [0.15, 0.2) is 5.78 Å². The summed E-state index contributed by atoms with van der Waals surface area (Å²) in [7, 11) is 0. The summed E-state index contributed by atoms with van der Waals surface area (Å²) < 4.78 is 1.28. The highest BCUT2D eigenvalue weighted by Gasteiger charge is 2.11. The fourth-order valence-electron chi connectivity index (χ4n) is 1.69. The van der Waals surface area contributed by atoms with Gasteiger partial charge in [-0.15, -0.1) is 0 Å². The van der Waals surface area contributed by atoms with E-state index in [1.807, 2.05) is 13.8 Å². The van der Waals surface area contributed by atoms with Gasteiger partial charge in [-0.2, -0.15) is 0 Å². The van der Waals surface area contributed by atoms with Crippen LogP contribution in [0, 0.1) is 0 Å². The van der Waals surface area contributed by atoms with Gasteiger partial charge in [-0.25, -0.2) is 0 Å². The Bertz CT molecular complexity index is 501. The molecule has 1 aromatic heterocycles. The second-order valence-corrected chi connectivity index (χ2v) is 4.01. The van der Waals surface area contributed by atoms with Crippen LogP contribution in [0.25, 0.3) is 0 Å². The van der Waals surface area contributed by atoms with Crippen LogP contribution in [0.1, 0.15) is 31.1 Å². The van der Waals surface area contributed by atoms with Crippen molar-refractivity contribution in [3.63, 3.8) is 0 Å². The molecule has 0 radical (unpaired) electrons. The van der Waals surface area contributed by atoms with Gasteiger partial charge >= 0.3 is 0 Å². The first-order valence-corrected chi connectivity index (χ1v) is 5.98. The summed E-state index contributed by atoms with van der Waals surface area (Å²) in [4.78, 5) is 36.4. The van der Waals surface area contributed by atoms with Crippen LogP contribution in [0.5, 0.6) is 0 Å². The van der Waals surface area contributed by atoms with E-state index in [2.05, 4.69) is 0 Å². The Morgan fingerprint density at radius 2 is 1.83 bits per heavy atom. The molecule has 0 aliphatic heterocycles. The molecule has 5 nitrogen and oxygen atoms in total. The van der Waals surface area contributed by atoms with Crippen molar-refractivity contribution in [2.45, 2.75) is 27.3 Å². The minimum Gasteiger partial charge on any atom is -0.342 e. The quantitative estimate of drug-likeness (QED) is 0.730. The summed E-state index contributed by atoms with van der Waals surface area (Å²) in [5.41, 5.74) is 0.155. The summed E-state index contributed by atoms with van der Waals surface area (Å²) in [5, 5.41) is 0. The van der Waals surface area contributed by atoms with Gasteiger partial charge < -0.3 is 9.47 Å². The Labute approximate surface area is 106 Å². The number of hydrogen-bond acceptors (Lipinski definition) is 3. The van der Waals surface area contributed by atoms with Crippen molar-refractivity contribution < 1.29 is 9.59 Å². The third kappa shape index (κ3) is 3.29. The van der Waals surface area contributed by atoms with E-state index < -0.39 is 0 Å². The highest BCUT2D eigenvalue weighted by Crippen LogP contribution is 1.98. The van der Waals surface area contributed by atoms with Crippen LogP contribution in [0.15, 0.2) is 23.1 Å². The van der Waals surface area contributed by atoms with Crippen molar-refractivity contribution in [3.05, 3.63) is 34.2 Å². The zero-order valence-electron chi connectivity index (χ0n) is 11.0. The predicted molar refractivity (Wildman–Crippen MR) is 68.6 cm³/mol. The first-order chi connectivity index (χ1) is 8.49. The molecule has 1 rings (SSSR count). The standard InChI is InChI=1S/C13H18N2O3/c1-4-14(5-2)13(18)9-15-8-11(10(3)16)6-7-12(15)17/h6-8H,4-5,9H2,1-3H3. The minimum atomic E-state index is -0.277. The first kappa shape index (κ1) is 14.2. The number of carbonyl (C=O) groups is 2. The number of rotatable bonds is 5. The Hall–Kier alpha value is -1.91. The van der Waals surface area contributed by atoms with Crippen molar-refractivity contribution in [1.29, 1.82) is 0 Å². The normalized spacial score (nSPS) is 10.2. The smallest absolute Gasteiger partial charge is 0.251 e. The Morgan fingerprint density at radius 1 is 1.22 bits per heavy atom. The molecule has 0 fully saturated rings. The van der Waals surface area contributed by atoms with Crippen LogP contribution in [-0.2, 0) is 11.3 Å². The van der Waals surface area contributed by atoms with Gasteiger partial charge in [0.05, 0.1) is 0 Å². The molecule has 18 heavy (non-hydrogen) atoms. The molecule has 0 saturated carbocycles. The average Bonchev–Trinajstić information content (AvgIpc) is 2.33. The molecule has 1 amide bonds. The maximum atomic E-state index is 11.9. The van der Waals surface area contributed by atoms with Crippen molar-refractivity contribution in [2.24, 2.45) is 0 Å². The van der Waals surface area contributed by atoms with Gasteiger partial charge in [0.1, 0.15) is 6.54 Å². The van der Waals surface area contributed by atoms with Gasteiger partial charge in [0, 0.05) is 30.9 Å². The number of amides is 1. The van der Waals surface area contributed by atoms with E-state index in [4.69, 9.17) is 0 Å². The molecular formula is C13H18N2O3. The maximum Gasteiger partial charge on any atom is 0.251 e. The number of carbonyl (C=O) groups excluding carboxylic acids is 2. The van der Waals surface area contributed by atoms with Gasteiger partial charge in [-0.1, -0.05) is 0 Å². The first-order valence-electron chi connectivity index (χ1n) is 5.98. The zero-order chi connectivity index (χ0) is 13.7. The largest absolute Gasteiger partial charge is 0.342 e. The van der Waals surface area contributed by atoms with E-state index in [0.29, 0.717) is 18.7 Å². The summed E-state index contributed by atoms with van der Waals surface area (Å²) in [6.07, 6.45) is 1.44. The number of aromatic nitrogens is 1. The minimum absolute atomic E-state index is 0.0262. The van der Waals surface area contributed by atoms with E-state index in [1.54, 1.807) is 4.90 Å². The number of pyridine rings is 1. The van der Waals surface area contributed by atoms with Crippen molar-refractivity contribution in [2.75, 3.05) is 13.1 Å². The molecule has 0 unspecified atom stereocenters. The summed E-state index contributed by atoms with van der Waals surface area (Å²) in [6, 6.07) is 2.79. The average molecular weight is 250 g/mol. The van der Waals surface area contributed by atoms with Gasteiger partial charge in [-0.05, 0) is 26.8 Å². The van der Waals surface area contributed by atoms with E-state index in [1.165, 1.54) is 29.8 Å². The van der Waals surface area contributed by atoms with Crippen LogP contribution in [-0.4, -0.2) is 34.2 Å². The summed E-state index contributed by atoms with van der Waals surface area (Å²) in [5.74, 6) is -0.248. The topological polar surface area (TPSA) is 59.4 Å². The molecule has 0 aromatic carbocycles. The lowest BCUT2D eigenvalue weighted by Gasteiger charge is -2.19. The van der Waals surface area contributed by atoms with Crippen LogP contribution in [0.4, 0.5) is 0 Å². The lowest BCUT2D eigenvalue weighted by molar-refractivity contribution is -0.131. The Morgan fingerprint density at radius 3 is 2.33 bits per heavy atom. The molecule has 0 N–H and O–H groups in total. The number of nitrogens with zero attached hydrogens (tertiary/aromatic N) is 2. The van der Waals surface area contributed by atoms with Crippen molar-refractivity contribution in [3.8, 4) is 0 Å². The maximum absolute atomic E-state index is 11.9. The Balaban J connectivity index is 2.96. The molecule has 98 valence electrons. The molecule has 0 aliphatic rings. The molecule has 0 aliphatic carbocycles. The third-order valence-electron chi connectivity index (χ3n) is 2.81. The highest BCUT2D eigenvalue weighted by molar-refractivity contribution is 5.93. The van der Waals surface area contributed by atoms with Gasteiger partial charge in [0.2, 0.25) is 5.91 Å².